The highest BCUT2D eigenvalue weighted by molar-refractivity contribution is 5.28. The molecule has 0 radical (unpaired) electrons. The minimum absolute atomic E-state index is 0.173. The van der Waals surface area contributed by atoms with Crippen LogP contribution in [0.25, 0.3) is 0 Å². The lowest BCUT2D eigenvalue weighted by molar-refractivity contribution is 0.0367. The number of rotatable bonds is 2. The van der Waals surface area contributed by atoms with Crippen molar-refractivity contribution in [3.05, 3.63) is 12.2 Å². The summed E-state index contributed by atoms with van der Waals surface area (Å²) in [7, 11) is 0. The van der Waals surface area contributed by atoms with E-state index in [1.54, 1.807) is 0 Å². The van der Waals surface area contributed by atoms with Crippen molar-refractivity contribution in [2.75, 3.05) is 6.61 Å². The summed E-state index contributed by atoms with van der Waals surface area (Å²) in [4.78, 5) is 0. The maximum atomic E-state index is 5.79. The van der Waals surface area contributed by atoms with Gasteiger partial charge in [-0.2, -0.15) is 0 Å². The highest BCUT2D eigenvalue weighted by Crippen LogP contribution is 2.31. The molecule has 1 nitrogen and oxygen atoms in total. The van der Waals surface area contributed by atoms with Crippen molar-refractivity contribution in [1.29, 1.82) is 0 Å². The van der Waals surface area contributed by atoms with Gasteiger partial charge in [-0.1, -0.05) is 32.3 Å². The van der Waals surface area contributed by atoms with E-state index in [2.05, 4.69) is 32.3 Å². The fourth-order valence-corrected chi connectivity index (χ4v) is 1.89. The van der Waals surface area contributed by atoms with Gasteiger partial charge in [-0.15, -0.1) is 0 Å². The summed E-state index contributed by atoms with van der Waals surface area (Å²) < 4.78 is 5.79. The Balaban J connectivity index is 2.73. The van der Waals surface area contributed by atoms with Gasteiger partial charge in [0, 0.05) is 6.61 Å². The fourth-order valence-electron chi connectivity index (χ4n) is 1.89. The third-order valence-electron chi connectivity index (χ3n) is 2.34. The van der Waals surface area contributed by atoms with E-state index in [9.17, 15) is 0 Å². The van der Waals surface area contributed by atoms with Crippen LogP contribution >= 0.6 is 0 Å². The number of ether oxygens (including phenoxy) is 1. The summed E-state index contributed by atoms with van der Waals surface area (Å²) in [6, 6.07) is 0. The van der Waals surface area contributed by atoms with Gasteiger partial charge in [0.2, 0.25) is 0 Å². The van der Waals surface area contributed by atoms with E-state index >= 15 is 0 Å². The van der Waals surface area contributed by atoms with Crippen LogP contribution in [-0.2, 0) is 4.74 Å². The monoisotopic (exact) mass is 192 g/mol. The van der Waals surface area contributed by atoms with Crippen LogP contribution in [0, 0.1) is 17.8 Å². The summed E-state index contributed by atoms with van der Waals surface area (Å²) in [6.07, 6.45) is 3.25. The minimum Gasteiger partial charge on any atom is -0.362 e. The SMILES string of the molecule is C=C(C)C#CC1(CC(C)C)CCCO1. The summed E-state index contributed by atoms with van der Waals surface area (Å²) in [5.74, 6) is 6.95. The molecule has 1 aliphatic heterocycles. The predicted molar refractivity (Wildman–Crippen MR) is 60.0 cm³/mol. The van der Waals surface area contributed by atoms with Gasteiger partial charge in [0.05, 0.1) is 0 Å². The van der Waals surface area contributed by atoms with Crippen LogP contribution in [0.1, 0.15) is 40.0 Å². The van der Waals surface area contributed by atoms with E-state index in [0.717, 1.165) is 31.4 Å². The largest absolute Gasteiger partial charge is 0.362 e. The molecule has 78 valence electrons. The third-order valence-corrected chi connectivity index (χ3v) is 2.34. The molecule has 1 atom stereocenters. The van der Waals surface area contributed by atoms with E-state index in [1.807, 2.05) is 6.92 Å². The van der Waals surface area contributed by atoms with Crippen LogP contribution in [-0.4, -0.2) is 12.2 Å². The minimum atomic E-state index is -0.173. The Morgan fingerprint density at radius 3 is 2.71 bits per heavy atom. The zero-order valence-electron chi connectivity index (χ0n) is 9.52. The first-order valence-electron chi connectivity index (χ1n) is 5.37. The van der Waals surface area contributed by atoms with Crippen molar-refractivity contribution in [3.63, 3.8) is 0 Å². The lowest BCUT2D eigenvalue weighted by atomic mass is 9.90. The Bertz CT molecular complexity index is 259. The summed E-state index contributed by atoms with van der Waals surface area (Å²) in [6.45, 7) is 11.0. The first-order chi connectivity index (χ1) is 6.54. The summed E-state index contributed by atoms with van der Waals surface area (Å²) in [5, 5.41) is 0. The molecule has 0 aromatic heterocycles. The molecule has 1 heterocycles. The molecule has 1 saturated heterocycles. The zero-order chi connectivity index (χ0) is 10.6. The summed E-state index contributed by atoms with van der Waals surface area (Å²) in [5.41, 5.74) is 0.747. The van der Waals surface area contributed by atoms with Crippen molar-refractivity contribution in [2.45, 2.75) is 45.6 Å². The van der Waals surface area contributed by atoms with Crippen LogP contribution in [0.3, 0.4) is 0 Å². The Morgan fingerprint density at radius 2 is 2.29 bits per heavy atom. The van der Waals surface area contributed by atoms with Crippen molar-refractivity contribution in [3.8, 4) is 11.8 Å². The number of allylic oxidation sites excluding steroid dienone is 1. The van der Waals surface area contributed by atoms with Crippen molar-refractivity contribution in [1.82, 2.24) is 0 Å². The first kappa shape index (κ1) is 11.3. The van der Waals surface area contributed by atoms with Crippen LogP contribution in [0.4, 0.5) is 0 Å². The predicted octanol–water partition coefficient (Wildman–Crippen LogP) is 3.16. The highest BCUT2D eigenvalue weighted by atomic mass is 16.5. The van der Waals surface area contributed by atoms with E-state index in [1.165, 1.54) is 0 Å². The Morgan fingerprint density at radius 1 is 1.57 bits per heavy atom. The molecule has 1 aliphatic rings. The van der Waals surface area contributed by atoms with Crippen LogP contribution < -0.4 is 0 Å². The Hall–Kier alpha value is -0.740. The molecule has 0 saturated carbocycles. The molecule has 0 N–H and O–H groups in total. The maximum Gasteiger partial charge on any atom is 0.129 e. The number of hydrogen-bond acceptors (Lipinski definition) is 1. The highest BCUT2D eigenvalue weighted by Gasteiger charge is 2.33. The van der Waals surface area contributed by atoms with Gasteiger partial charge >= 0.3 is 0 Å². The molecule has 14 heavy (non-hydrogen) atoms. The molecule has 1 fully saturated rings. The second kappa shape index (κ2) is 4.66. The van der Waals surface area contributed by atoms with E-state index < -0.39 is 0 Å². The van der Waals surface area contributed by atoms with Crippen LogP contribution in [0.5, 0.6) is 0 Å². The van der Waals surface area contributed by atoms with Gasteiger partial charge in [-0.25, -0.2) is 0 Å². The van der Waals surface area contributed by atoms with Crippen LogP contribution in [0.2, 0.25) is 0 Å². The molecule has 1 unspecified atom stereocenters. The van der Waals surface area contributed by atoms with E-state index in [0.29, 0.717) is 5.92 Å². The average Bonchev–Trinajstić information content (AvgIpc) is 2.49. The van der Waals surface area contributed by atoms with Gasteiger partial charge < -0.3 is 4.74 Å². The normalized spacial score (nSPS) is 26.0. The standard InChI is InChI=1S/C13H20O/c1-11(2)6-8-13(10-12(3)4)7-5-9-14-13/h12H,1,5,7,9-10H2,2-4H3. The molecule has 0 aromatic rings. The van der Waals surface area contributed by atoms with Crippen molar-refractivity contribution >= 4 is 0 Å². The second-order valence-corrected chi connectivity index (χ2v) is 4.57. The Kier molecular flexibility index (Phi) is 3.77. The molecule has 1 heteroatoms. The first-order valence-corrected chi connectivity index (χ1v) is 5.37. The topological polar surface area (TPSA) is 9.23 Å². The maximum absolute atomic E-state index is 5.79. The van der Waals surface area contributed by atoms with Crippen molar-refractivity contribution < 1.29 is 4.74 Å². The van der Waals surface area contributed by atoms with Gasteiger partial charge in [0.1, 0.15) is 5.60 Å². The molecule has 0 amide bonds. The smallest absolute Gasteiger partial charge is 0.129 e. The van der Waals surface area contributed by atoms with E-state index in [4.69, 9.17) is 4.74 Å². The molecular weight excluding hydrogens is 172 g/mol. The van der Waals surface area contributed by atoms with E-state index in [-0.39, 0.29) is 5.60 Å². The number of hydrogen-bond donors (Lipinski definition) is 0. The molecular formula is C13H20O. The fraction of sp³-hybridized carbons (Fsp3) is 0.692. The zero-order valence-corrected chi connectivity index (χ0v) is 9.52. The van der Waals surface area contributed by atoms with Gasteiger partial charge in [-0.3, -0.25) is 0 Å². The van der Waals surface area contributed by atoms with Gasteiger partial charge in [0.25, 0.3) is 0 Å². The van der Waals surface area contributed by atoms with Crippen molar-refractivity contribution in [2.24, 2.45) is 5.92 Å². The summed E-state index contributed by atoms with van der Waals surface area (Å²) >= 11 is 0. The molecule has 0 aromatic carbocycles. The lowest BCUT2D eigenvalue weighted by Gasteiger charge is -2.24. The van der Waals surface area contributed by atoms with Crippen LogP contribution in [0.15, 0.2) is 12.2 Å². The third kappa shape index (κ3) is 3.20. The second-order valence-electron chi connectivity index (χ2n) is 4.57. The lowest BCUT2D eigenvalue weighted by Crippen LogP contribution is -2.27. The molecule has 1 rings (SSSR count). The van der Waals surface area contributed by atoms with Gasteiger partial charge in [-0.05, 0) is 37.7 Å². The quantitative estimate of drug-likeness (QED) is 0.611. The molecule has 0 bridgehead atoms. The Labute approximate surface area is 87.5 Å². The average molecular weight is 192 g/mol. The van der Waals surface area contributed by atoms with Gasteiger partial charge in [0.15, 0.2) is 0 Å². The molecule has 0 spiro atoms. The molecule has 0 aliphatic carbocycles.